The van der Waals surface area contributed by atoms with Gasteiger partial charge in [0.05, 0.1) is 12.8 Å². The monoisotopic (exact) mass is 406 g/mol. The standard InChI is InChI=1S/C22H18N2O4S/c1-14-18-8-3-4-9-19(18)22(26)24(14)11-20(25)28-12-16-13-29-21(23-16)15-6-5-7-17(10-15)27-2/h3-10,13H,1,11-12H2,2H3. The second-order valence-electron chi connectivity index (χ2n) is 6.42. The molecule has 146 valence electrons. The number of amides is 1. The molecule has 4 rings (SSSR count). The lowest BCUT2D eigenvalue weighted by molar-refractivity contribution is -0.145. The number of fused-ring (bicyclic) bond motifs is 1. The highest BCUT2D eigenvalue weighted by Crippen LogP contribution is 2.31. The summed E-state index contributed by atoms with van der Waals surface area (Å²) in [6.07, 6.45) is 0. The van der Waals surface area contributed by atoms with Crippen LogP contribution in [0.4, 0.5) is 0 Å². The van der Waals surface area contributed by atoms with Gasteiger partial charge in [-0.05, 0) is 18.2 Å². The zero-order valence-corrected chi connectivity index (χ0v) is 16.6. The van der Waals surface area contributed by atoms with Gasteiger partial charge in [-0.3, -0.25) is 14.5 Å². The predicted molar refractivity (Wildman–Crippen MR) is 110 cm³/mol. The Morgan fingerprint density at radius 3 is 2.72 bits per heavy atom. The Balaban J connectivity index is 1.37. The van der Waals surface area contributed by atoms with Gasteiger partial charge in [0.1, 0.15) is 23.9 Å². The van der Waals surface area contributed by atoms with Crippen molar-refractivity contribution >= 4 is 28.9 Å². The van der Waals surface area contributed by atoms with E-state index in [1.165, 1.54) is 16.2 Å². The lowest BCUT2D eigenvalue weighted by Crippen LogP contribution is -2.30. The Morgan fingerprint density at radius 1 is 1.17 bits per heavy atom. The molecule has 2 aromatic carbocycles. The first-order chi connectivity index (χ1) is 14.1. The van der Waals surface area contributed by atoms with Gasteiger partial charge in [-0.25, -0.2) is 4.98 Å². The minimum absolute atomic E-state index is 0.0424. The number of nitrogens with zero attached hydrogens (tertiary/aromatic N) is 2. The van der Waals surface area contributed by atoms with Crippen LogP contribution in [0.15, 0.2) is 60.5 Å². The van der Waals surface area contributed by atoms with Crippen molar-refractivity contribution in [3.8, 4) is 16.3 Å². The van der Waals surface area contributed by atoms with Crippen LogP contribution in [-0.2, 0) is 16.1 Å². The summed E-state index contributed by atoms with van der Waals surface area (Å²) in [7, 11) is 1.62. The number of esters is 1. The number of ether oxygens (including phenoxy) is 2. The van der Waals surface area contributed by atoms with E-state index in [0.29, 0.717) is 17.0 Å². The van der Waals surface area contributed by atoms with Crippen LogP contribution in [0.2, 0.25) is 0 Å². The molecule has 0 aliphatic carbocycles. The Hall–Kier alpha value is -3.45. The predicted octanol–water partition coefficient (Wildman–Crippen LogP) is 3.99. The molecule has 0 bridgehead atoms. The summed E-state index contributed by atoms with van der Waals surface area (Å²) >= 11 is 1.46. The van der Waals surface area contributed by atoms with Gasteiger partial charge in [-0.1, -0.05) is 36.9 Å². The van der Waals surface area contributed by atoms with Crippen LogP contribution in [0.3, 0.4) is 0 Å². The van der Waals surface area contributed by atoms with Crippen LogP contribution in [0, 0.1) is 0 Å². The van der Waals surface area contributed by atoms with Crippen LogP contribution in [0.25, 0.3) is 16.3 Å². The maximum Gasteiger partial charge on any atom is 0.326 e. The van der Waals surface area contributed by atoms with Crippen LogP contribution in [0.5, 0.6) is 5.75 Å². The van der Waals surface area contributed by atoms with E-state index in [2.05, 4.69) is 11.6 Å². The molecular formula is C22H18N2O4S. The molecule has 0 unspecified atom stereocenters. The summed E-state index contributed by atoms with van der Waals surface area (Å²) in [6, 6.07) is 14.8. The van der Waals surface area contributed by atoms with Gasteiger partial charge in [-0.15, -0.1) is 11.3 Å². The molecule has 0 atom stereocenters. The number of hydrogen-bond donors (Lipinski definition) is 0. The second kappa shape index (κ2) is 7.89. The van der Waals surface area contributed by atoms with E-state index in [9.17, 15) is 9.59 Å². The van der Waals surface area contributed by atoms with Crippen LogP contribution in [0.1, 0.15) is 21.6 Å². The summed E-state index contributed by atoms with van der Waals surface area (Å²) < 4.78 is 10.6. The van der Waals surface area contributed by atoms with Gasteiger partial charge >= 0.3 is 5.97 Å². The second-order valence-corrected chi connectivity index (χ2v) is 7.28. The number of thiazole rings is 1. The first-order valence-corrected chi connectivity index (χ1v) is 9.79. The summed E-state index contributed by atoms with van der Waals surface area (Å²) in [5.41, 5.74) is 3.39. The largest absolute Gasteiger partial charge is 0.497 e. The minimum Gasteiger partial charge on any atom is -0.497 e. The molecule has 0 saturated carbocycles. The normalized spacial score (nSPS) is 12.8. The molecule has 0 fully saturated rings. The average molecular weight is 406 g/mol. The number of aromatic nitrogens is 1. The molecule has 6 nitrogen and oxygen atoms in total. The van der Waals surface area contributed by atoms with Crippen LogP contribution >= 0.6 is 11.3 Å². The molecule has 29 heavy (non-hydrogen) atoms. The SMILES string of the molecule is C=C1c2ccccc2C(=O)N1CC(=O)OCc1csc(-c2cccc(OC)c2)n1. The third-order valence-corrected chi connectivity index (χ3v) is 5.52. The Labute approximate surface area is 172 Å². The quantitative estimate of drug-likeness (QED) is 0.579. The van der Waals surface area contributed by atoms with Gasteiger partial charge in [0.2, 0.25) is 0 Å². The maximum atomic E-state index is 12.5. The lowest BCUT2D eigenvalue weighted by atomic mass is 10.1. The molecule has 3 aromatic rings. The molecule has 0 radical (unpaired) electrons. The zero-order valence-electron chi connectivity index (χ0n) is 15.8. The molecule has 0 N–H and O–H groups in total. The van der Waals surface area contributed by atoms with E-state index in [1.807, 2.05) is 41.8 Å². The first-order valence-electron chi connectivity index (χ1n) is 8.91. The Bertz CT molecular complexity index is 1070. The molecule has 7 heteroatoms. The molecule has 1 amide bonds. The number of carbonyl (C=O) groups excluding carboxylic acids is 2. The van der Waals surface area contributed by atoms with E-state index in [1.54, 1.807) is 19.2 Å². The van der Waals surface area contributed by atoms with Crippen molar-refractivity contribution in [3.63, 3.8) is 0 Å². The molecule has 1 aliphatic heterocycles. The fraction of sp³-hybridized carbons (Fsp3) is 0.136. The van der Waals surface area contributed by atoms with Gasteiger partial charge in [0, 0.05) is 27.8 Å². The summed E-state index contributed by atoms with van der Waals surface area (Å²) in [4.78, 5) is 30.6. The van der Waals surface area contributed by atoms with E-state index >= 15 is 0 Å². The maximum absolute atomic E-state index is 12.5. The van der Waals surface area contributed by atoms with Gasteiger partial charge in [-0.2, -0.15) is 0 Å². The van der Waals surface area contributed by atoms with Crippen LogP contribution in [-0.4, -0.2) is 35.4 Å². The van der Waals surface area contributed by atoms with Gasteiger partial charge in [0.15, 0.2) is 0 Å². The first kappa shape index (κ1) is 18.9. The Morgan fingerprint density at radius 2 is 1.97 bits per heavy atom. The van der Waals surface area contributed by atoms with Gasteiger partial charge in [0.25, 0.3) is 5.91 Å². The van der Waals surface area contributed by atoms with E-state index in [0.717, 1.165) is 21.9 Å². The highest BCUT2D eigenvalue weighted by Gasteiger charge is 2.32. The highest BCUT2D eigenvalue weighted by molar-refractivity contribution is 7.13. The van der Waals surface area contributed by atoms with Crippen LogP contribution < -0.4 is 4.74 Å². The molecule has 0 saturated heterocycles. The molecule has 1 aromatic heterocycles. The zero-order chi connectivity index (χ0) is 20.4. The smallest absolute Gasteiger partial charge is 0.326 e. The van der Waals surface area contributed by atoms with Crippen molar-refractivity contribution in [2.75, 3.05) is 13.7 Å². The number of hydrogen-bond acceptors (Lipinski definition) is 6. The van der Waals surface area contributed by atoms with Crippen molar-refractivity contribution in [2.45, 2.75) is 6.61 Å². The third-order valence-electron chi connectivity index (χ3n) is 4.58. The van der Waals surface area contributed by atoms with Crippen molar-refractivity contribution < 1.29 is 19.1 Å². The summed E-state index contributed by atoms with van der Waals surface area (Å²) in [5.74, 6) is 0.00180. The number of carbonyl (C=O) groups is 2. The Kier molecular flexibility index (Phi) is 5.14. The van der Waals surface area contributed by atoms with Crippen molar-refractivity contribution in [1.29, 1.82) is 0 Å². The van der Waals surface area contributed by atoms with E-state index < -0.39 is 5.97 Å². The van der Waals surface area contributed by atoms with Crippen molar-refractivity contribution in [1.82, 2.24) is 9.88 Å². The molecule has 1 aliphatic rings. The number of benzene rings is 2. The topological polar surface area (TPSA) is 68.7 Å². The molecular weight excluding hydrogens is 388 g/mol. The minimum atomic E-state index is -0.511. The highest BCUT2D eigenvalue weighted by atomic mass is 32.1. The fourth-order valence-electron chi connectivity index (χ4n) is 3.09. The molecule has 0 spiro atoms. The van der Waals surface area contributed by atoms with Gasteiger partial charge < -0.3 is 9.47 Å². The number of rotatable bonds is 6. The summed E-state index contributed by atoms with van der Waals surface area (Å²) in [5, 5.41) is 2.66. The third kappa shape index (κ3) is 3.77. The number of methoxy groups -OCH3 is 1. The van der Waals surface area contributed by atoms with Crippen molar-refractivity contribution in [3.05, 3.63) is 77.3 Å². The average Bonchev–Trinajstić information content (AvgIpc) is 3.32. The fourth-order valence-corrected chi connectivity index (χ4v) is 3.89. The molecule has 2 heterocycles. The lowest BCUT2D eigenvalue weighted by Gasteiger charge is -2.16. The summed E-state index contributed by atoms with van der Waals surface area (Å²) in [6.45, 7) is 3.79. The van der Waals surface area contributed by atoms with E-state index in [-0.39, 0.29) is 19.1 Å². The van der Waals surface area contributed by atoms with E-state index in [4.69, 9.17) is 9.47 Å². The van der Waals surface area contributed by atoms with Crippen molar-refractivity contribution in [2.24, 2.45) is 0 Å².